The van der Waals surface area contributed by atoms with Gasteiger partial charge in [0.15, 0.2) is 0 Å². The molecule has 0 radical (unpaired) electrons. The van der Waals surface area contributed by atoms with Crippen LogP contribution in [0, 0.1) is 12.8 Å². The van der Waals surface area contributed by atoms with Crippen molar-refractivity contribution < 1.29 is 23.9 Å². The number of thiophene rings is 2. The van der Waals surface area contributed by atoms with Crippen LogP contribution >= 0.6 is 22.7 Å². The van der Waals surface area contributed by atoms with E-state index in [9.17, 15) is 14.4 Å². The van der Waals surface area contributed by atoms with Crippen LogP contribution in [0.2, 0.25) is 0 Å². The number of ether oxygens (including phenoxy) is 2. The van der Waals surface area contributed by atoms with Gasteiger partial charge in [0.1, 0.15) is 9.88 Å². The molecule has 2 aromatic rings. The molecule has 2 aromatic heterocycles. The van der Waals surface area contributed by atoms with E-state index in [1.54, 1.807) is 13.8 Å². The number of carbonyl (C=O) groups is 3. The molecule has 27 heavy (non-hydrogen) atoms. The van der Waals surface area contributed by atoms with E-state index in [1.165, 1.54) is 11.3 Å². The summed E-state index contributed by atoms with van der Waals surface area (Å²) in [7, 11) is 0. The Bertz CT molecular complexity index is 808. The maximum Gasteiger partial charge on any atom is 0.348 e. The van der Waals surface area contributed by atoms with Gasteiger partial charge in [-0.1, -0.05) is 19.9 Å². The summed E-state index contributed by atoms with van der Waals surface area (Å²) in [6, 6.07) is 3.74. The van der Waals surface area contributed by atoms with E-state index in [2.05, 4.69) is 5.32 Å². The monoisotopic (exact) mass is 409 g/mol. The van der Waals surface area contributed by atoms with Crippen LogP contribution in [-0.4, -0.2) is 31.1 Å². The number of carbonyl (C=O) groups excluding carboxylic acids is 3. The van der Waals surface area contributed by atoms with Crippen molar-refractivity contribution in [1.82, 2.24) is 0 Å². The lowest BCUT2D eigenvalue weighted by atomic mass is 10.1. The van der Waals surface area contributed by atoms with Gasteiger partial charge in [-0.05, 0) is 36.8 Å². The first-order valence-corrected chi connectivity index (χ1v) is 10.3. The molecule has 6 nitrogen and oxygen atoms in total. The van der Waals surface area contributed by atoms with E-state index in [4.69, 9.17) is 9.47 Å². The van der Waals surface area contributed by atoms with E-state index in [1.807, 2.05) is 31.4 Å². The molecule has 1 amide bonds. The summed E-state index contributed by atoms with van der Waals surface area (Å²) in [5.41, 5.74) is 0.663. The van der Waals surface area contributed by atoms with Crippen LogP contribution < -0.4 is 5.32 Å². The molecule has 0 aromatic carbocycles. The quantitative estimate of drug-likeness (QED) is 0.658. The van der Waals surface area contributed by atoms with E-state index in [0.29, 0.717) is 15.4 Å². The average molecular weight is 410 g/mol. The van der Waals surface area contributed by atoms with Crippen LogP contribution in [0.15, 0.2) is 17.5 Å². The molecule has 0 spiro atoms. The molecule has 0 atom stereocenters. The summed E-state index contributed by atoms with van der Waals surface area (Å²) in [5.74, 6) is -1.13. The second-order valence-corrected chi connectivity index (χ2v) is 8.33. The standard InChI is InChI=1S/C19H23NO5S2/c1-5-24-18(22)15-12(4)16(19(23)25-10-11(2)3)27-17(15)20-14(21)9-13-7-6-8-26-13/h6-8,11H,5,9-10H2,1-4H3,(H,20,21). The second-order valence-electron chi connectivity index (χ2n) is 6.28. The van der Waals surface area contributed by atoms with E-state index >= 15 is 0 Å². The first-order valence-electron chi connectivity index (χ1n) is 8.63. The Morgan fingerprint density at radius 1 is 1.19 bits per heavy atom. The molecule has 0 fully saturated rings. The van der Waals surface area contributed by atoms with Gasteiger partial charge in [0.2, 0.25) is 5.91 Å². The number of rotatable bonds is 8. The first kappa shape index (κ1) is 21.1. The molecular weight excluding hydrogens is 386 g/mol. The van der Waals surface area contributed by atoms with Gasteiger partial charge in [-0.15, -0.1) is 22.7 Å². The molecule has 2 rings (SSSR count). The highest BCUT2D eigenvalue weighted by Gasteiger charge is 2.27. The van der Waals surface area contributed by atoms with Crippen molar-refractivity contribution in [2.24, 2.45) is 5.92 Å². The highest BCUT2D eigenvalue weighted by atomic mass is 32.1. The van der Waals surface area contributed by atoms with Crippen molar-refractivity contribution in [1.29, 1.82) is 0 Å². The fourth-order valence-corrected chi connectivity index (χ4v) is 4.10. The van der Waals surface area contributed by atoms with Gasteiger partial charge in [0, 0.05) is 4.88 Å². The fraction of sp³-hybridized carbons (Fsp3) is 0.421. The van der Waals surface area contributed by atoms with Gasteiger partial charge < -0.3 is 14.8 Å². The topological polar surface area (TPSA) is 81.7 Å². The van der Waals surface area contributed by atoms with E-state index in [-0.39, 0.29) is 37.0 Å². The molecule has 0 aliphatic heterocycles. The highest BCUT2D eigenvalue weighted by Crippen LogP contribution is 2.34. The lowest BCUT2D eigenvalue weighted by Crippen LogP contribution is -2.16. The number of nitrogens with one attached hydrogen (secondary N) is 1. The van der Waals surface area contributed by atoms with Gasteiger partial charge in [0.25, 0.3) is 0 Å². The van der Waals surface area contributed by atoms with Crippen LogP contribution in [0.25, 0.3) is 0 Å². The molecular formula is C19H23NO5S2. The molecule has 0 saturated heterocycles. The maximum absolute atomic E-state index is 12.4. The van der Waals surface area contributed by atoms with Crippen LogP contribution in [0.1, 0.15) is 51.2 Å². The summed E-state index contributed by atoms with van der Waals surface area (Å²) in [4.78, 5) is 38.3. The molecule has 8 heteroatoms. The highest BCUT2D eigenvalue weighted by molar-refractivity contribution is 7.18. The third kappa shape index (κ3) is 5.64. The molecule has 0 unspecified atom stereocenters. The molecule has 0 aliphatic rings. The van der Waals surface area contributed by atoms with Crippen LogP contribution in [0.5, 0.6) is 0 Å². The van der Waals surface area contributed by atoms with Crippen molar-refractivity contribution in [3.05, 3.63) is 38.4 Å². The Morgan fingerprint density at radius 2 is 1.93 bits per heavy atom. The van der Waals surface area contributed by atoms with Crippen molar-refractivity contribution >= 4 is 45.5 Å². The number of amides is 1. The van der Waals surface area contributed by atoms with E-state index < -0.39 is 11.9 Å². The van der Waals surface area contributed by atoms with Crippen molar-refractivity contribution in [3.8, 4) is 0 Å². The summed E-state index contributed by atoms with van der Waals surface area (Å²) in [6.07, 6.45) is 0.198. The SMILES string of the molecule is CCOC(=O)c1c(NC(=O)Cc2cccs2)sc(C(=O)OCC(C)C)c1C. The minimum Gasteiger partial charge on any atom is -0.462 e. The first-order chi connectivity index (χ1) is 12.8. The van der Waals surface area contributed by atoms with Gasteiger partial charge in [-0.3, -0.25) is 4.79 Å². The van der Waals surface area contributed by atoms with Crippen molar-refractivity contribution in [2.45, 2.75) is 34.1 Å². The maximum atomic E-state index is 12.4. The second kappa shape index (κ2) is 9.66. The summed E-state index contributed by atoms with van der Waals surface area (Å²) in [6.45, 7) is 7.72. The average Bonchev–Trinajstić information content (AvgIpc) is 3.20. The molecule has 0 aliphatic carbocycles. The molecule has 1 N–H and O–H groups in total. The summed E-state index contributed by atoms with van der Waals surface area (Å²) >= 11 is 2.52. The van der Waals surface area contributed by atoms with Gasteiger partial charge in [0.05, 0.1) is 25.2 Å². The Hall–Kier alpha value is -2.19. The molecule has 2 heterocycles. The van der Waals surface area contributed by atoms with Crippen LogP contribution in [-0.2, 0) is 20.7 Å². The number of hydrogen-bond acceptors (Lipinski definition) is 7. The zero-order valence-electron chi connectivity index (χ0n) is 15.8. The minimum absolute atomic E-state index is 0.198. The van der Waals surface area contributed by atoms with E-state index in [0.717, 1.165) is 16.2 Å². The van der Waals surface area contributed by atoms with Gasteiger partial charge in [-0.2, -0.15) is 0 Å². The molecule has 0 bridgehead atoms. The Balaban J connectivity index is 2.27. The van der Waals surface area contributed by atoms with Gasteiger partial charge >= 0.3 is 11.9 Å². The predicted octanol–water partition coefficient (Wildman–Crippen LogP) is 4.29. The fourth-order valence-electron chi connectivity index (χ4n) is 2.30. The smallest absolute Gasteiger partial charge is 0.348 e. The predicted molar refractivity (Wildman–Crippen MR) is 107 cm³/mol. The summed E-state index contributed by atoms with van der Waals surface area (Å²) < 4.78 is 10.4. The zero-order chi connectivity index (χ0) is 20.0. The Labute approximate surface area is 166 Å². The lowest BCUT2D eigenvalue weighted by Gasteiger charge is -2.07. The Morgan fingerprint density at radius 3 is 2.52 bits per heavy atom. The molecule has 146 valence electrons. The van der Waals surface area contributed by atoms with Crippen LogP contribution in [0.3, 0.4) is 0 Å². The zero-order valence-corrected chi connectivity index (χ0v) is 17.4. The lowest BCUT2D eigenvalue weighted by molar-refractivity contribution is -0.115. The third-order valence-corrected chi connectivity index (χ3v) is 5.59. The van der Waals surface area contributed by atoms with Crippen LogP contribution in [0.4, 0.5) is 5.00 Å². The largest absolute Gasteiger partial charge is 0.462 e. The minimum atomic E-state index is -0.569. The third-order valence-electron chi connectivity index (χ3n) is 3.53. The van der Waals surface area contributed by atoms with Crippen molar-refractivity contribution in [3.63, 3.8) is 0 Å². The normalized spacial score (nSPS) is 10.7. The number of hydrogen-bond donors (Lipinski definition) is 1. The Kier molecular flexibility index (Phi) is 7.55. The number of esters is 2. The van der Waals surface area contributed by atoms with Gasteiger partial charge in [-0.25, -0.2) is 9.59 Å². The van der Waals surface area contributed by atoms with Crippen molar-refractivity contribution in [2.75, 3.05) is 18.5 Å². The molecule has 0 saturated carbocycles. The number of anilines is 1. The summed E-state index contributed by atoms with van der Waals surface area (Å²) in [5, 5.41) is 4.95.